The van der Waals surface area contributed by atoms with Crippen LogP contribution < -0.4 is 14.8 Å². The quantitative estimate of drug-likeness (QED) is 0.631. The molecule has 2 aliphatic rings. The average Bonchev–Trinajstić information content (AvgIpc) is 2.71. The second kappa shape index (κ2) is 9.40. The third-order valence-corrected chi connectivity index (χ3v) is 6.54. The van der Waals surface area contributed by atoms with Crippen molar-refractivity contribution in [2.75, 3.05) is 31.5 Å². The zero-order valence-corrected chi connectivity index (χ0v) is 19.0. The Morgan fingerprint density at radius 2 is 1.97 bits per heavy atom. The topological polar surface area (TPSA) is 33.7 Å². The maximum Gasteiger partial charge on any atom is 0.142 e. The minimum absolute atomic E-state index is 0.204. The molecular weight excluding hydrogens is 428 g/mol. The van der Waals surface area contributed by atoms with Gasteiger partial charge in [0.15, 0.2) is 0 Å². The Morgan fingerprint density at radius 1 is 1.17 bits per heavy atom. The maximum atomic E-state index is 6.19. The van der Waals surface area contributed by atoms with E-state index in [1.54, 1.807) is 0 Å². The van der Waals surface area contributed by atoms with E-state index in [9.17, 15) is 0 Å². The molecule has 0 radical (unpaired) electrons. The van der Waals surface area contributed by atoms with E-state index in [2.05, 4.69) is 64.3 Å². The lowest BCUT2D eigenvalue weighted by Crippen LogP contribution is -2.44. The number of halogens is 1. The number of nitrogens with one attached hydrogen (secondary N) is 1. The van der Waals surface area contributed by atoms with Crippen LogP contribution >= 0.6 is 15.9 Å². The molecule has 0 amide bonds. The van der Waals surface area contributed by atoms with Crippen molar-refractivity contribution in [1.82, 2.24) is 4.90 Å². The summed E-state index contributed by atoms with van der Waals surface area (Å²) >= 11 is 3.72. The highest BCUT2D eigenvalue weighted by atomic mass is 79.9. The fourth-order valence-electron chi connectivity index (χ4n) is 4.29. The van der Waals surface area contributed by atoms with Crippen LogP contribution in [0.15, 0.2) is 46.9 Å². The minimum Gasteiger partial charge on any atom is -0.491 e. The molecule has 0 bridgehead atoms. The van der Waals surface area contributed by atoms with Crippen molar-refractivity contribution in [3.63, 3.8) is 0 Å². The number of piperidine rings is 1. The lowest BCUT2D eigenvalue weighted by Gasteiger charge is -2.36. The van der Waals surface area contributed by atoms with Crippen molar-refractivity contribution in [2.24, 2.45) is 5.92 Å². The van der Waals surface area contributed by atoms with Crippen molar-refractivity contribution in [2.45, 2.75) is 45.3 Å². The van der Waals surface area contributed by atoms with Gasteiger partial charge in [-0.2, -0.15) is 0 Å². The van der Waals surface area contributed by atoms with Gasteiger partial charge in [-0.15, -0.1) is 0 Å². The van der Waals surface area contributed by atoms with Gasteiger partial charge in [-0.25, -0.2) is 0 Å². The van der Waals surface area contributed by atoms with E-state index in [0.717, 1.165) is 55.7 Å². The van der Waals surface area contributed by atoms with Gasteiger partial charge in [0.2, 0.25) is 0 Å². The summed E-state index contributed by atoms with van der Waals surface area (Å²) in [4.78, 5) is 2.56. The molecule has 1 atom stereocenters. The van der Waals surface area contributed by atoms with Gasteiger partial charge < -0.3 is 14.8 Å². The van der Waals surface area contributed by atoms with Crippen LogP contribution in [0.3, 0.4) is 0 Å². The second-order valence-corrected chi connectivity index (χ2v) is 9.34. The highest BCUT2D eigenvalue weighted by molar-refractivity contribution is 9.10. The number of hydrogen-bond acceptors (Lipinski definition) is 4. The average molecular weight is 459 g/mol. The van der Waals surface area contributed by atoms with Crippen LogP contribution in [0.1, 0.15) is 32.3 Å². The molecule has 4 nitrogen and oxygen atoms in total. The number of fused-ring (bicyclic) bond motifs is 1. The number of likely N-dealkylation sites (tertiary alicyclic amines) is 1. The summed E-state index contributed by atoms with van der Waals surface area (Å²) in [6, 6.07) is 14.6. The van der Waals surface area contributed by atoms with Gasteiger partial charge >= 0.3 is 0 Å². The number of hydrogen-bond donors (Lipinski definition) is 1. The van der Waals surface area contributed by atoms with E-state index in [1.165, 1.54) is 22.9 Å². The van der Waals surface area contributed by atoms with Crippen molar-refractivity contribution in [3.8, 4) is 11.5 Å². The summed E-state index contributed by atoms with van der Waals surface area (Å²) in [5.41, 5.74) is 2.47. The summed E-state index contributed by atoms with van der Waals surface area (Å²) in [5.74, 6) is 2.67. The monoisotopic (exact) mass is 458 g/mol. The third-order valence-electron chi connectivity index (χ3n) is 5.77. The molecule has 4 rings (SSSR count). The fourth-order valence-corrected chi connectivity index (χ4v) is 4.70. The van der Waals surface area contributed by atoms with E-state index >= 15 is 0 Å². The maximum absolute atomic E-state index is 6.19. The van der Waals surface area contributed by atoms with Gasteiger partial charge in [-0.1, -0.05) is 28.1 Å². The van der Waals surface area contributed by atoms with E-state index < -0.39 is 0 Å². The molecule has 0 spiro atoms. The summed E-state index contributed by atoms with van der Waals surface area (Å²) in [6.45, 7) is 8.31. The van der Waals surface area contributed by atoms with Gasteiger partial charge in [-0.05, 0) is 88.0 Å². The Labute approximate surface area is 182 Å². The van der Waals surface area contributed by atoms with Crippen molar-refractivity contribution < 1.29 is 9.47 Å². The second-order valence-electron chi connectivity index (χ2n) is 8.48. The zero-order valence-electron chi connectivity index (χ0n) is 17.4. The van der Waals surface area contributed by atoms with Crippen molar-refractivity contribution in [3.05, 3.63) is 52.5 Å². The molecule has 29 heavy (non-hydrogen) atoms. The van der Waals surface area contributed by atoms with Crippen LogP contribution in [-0.4, -0.2) is 43.3 Å². The summed E-state index contributed by atoms with van der Waals surface area (Å²) in [5, 5.41) is 3.50. The lowest BCUT2D eigenvalue weighted by atomic mass is 9.90. The minimum atomic E-state index is 0.204. The molecule has 0 aromatic heterocycles. The number of rotatable bonds is 6. The van der Waals surface area contributed by atoms with E-state index in [0.29, 0.717) is 0 Å². The van der Waals surface area contributed by atoms with Crippen LogP contribution in [0.2, 0.25) is 0 Å². The summed E-state index contributed by atoms with van der Waals surface area (Å²) < 4.78 is 13.3. The van der Waals surface area contributed by atoms with Crippen LogP contribution in [0.25, 0.3) is 0 Å². The van der Waals surface area contributed by atoms with E-state index in [1.807, 2.05) is 18.2 Å². The largest absolute Gasteiger partial charge is 0.491 e. The van der Waals surface area contributed by atoms with E-state index in [-0.39, 0.29) is 12.2 Å². The molecule has 1 N–H and O–H groups in total. The molecule has 0 aliphatic carbocycles. The van der Waals surface area contributed by atoms with Gasteiger partial charge in [0.05, 0.1) is 18.3 Å². The molecule has 2 heterocycles. The number of para-hydroxylation sites is 2. The Bertz CT molecular complexity index is 818. The molecule has 2 aliphatic heterocycles. The first-order chi connectivity index (χ1) is 14.1. The molecule has 0 saturated carbocycles. The number of ether oxygens (including phenoxy) is 2. The van der Waals surface area contributed by atoms with Gasteiger partial charge in [0.25, 0.3) is 0 Å². The van der Waals surface area contributed by atoms with Crippen LogP contribution in [0, 0.1) is 5.92 Å². The first-order valence-corrected chi connectivity index (χ1v) is 11.5. The summed E-state index contributed by atoms with van der Waals surface area (Å²) in [7, 11) is 0. The molecule has 5 heteroatoms. The molecule has 2 aromatic carbocycles. The number of benzene rings is 2. The van der Waals surface area contributed by atoms with Gasteiger partial charge in [0, 0.05) is 11.0 Å². The Morgan fingerprint density at radius 3 is 2.76 bits per heavy atom. The SMILES string of the molecule is CC(C)Oc1ccc(Br)c(CC2CCN(CC3CNc4ccccc4O3)CC2)c1. The van der Waals surface area contributed by atoms with Crippen molar-refractivity contribution >= 4 is 21.6 Å². The smallest absolute Gasteiger partial charge is 0.142 e. The summed E-state index contributed by atoms with van der Waals surface area (Å²) in [6.07, 6.45) is 4.01. The number of nitrogens with zero attached hydrogens (tertiary/aromatic N) is 1. The fraction of sp³-hybridized carbons (Fsp3) is 0.500. The van der Waals surface area contributed by atoms with Gasteiger partial charge in [0.1, 0.15) is 17.6 Å². The molecule has 156 valence electrons. The Balaban J connectivity index is 1.27. The van der Waals surface area contributed by atoms with Crippen LogP contribution in [0.5, 0.6) is 11.5 Å². The van der Waals surface area contributed by atoms with Crippen LogP contribution in [0.4, 0.5) is 5.69 Å². The first kappa shape index (κ1) is 20.5. The lowest BCUT2D eigenvalue weighted by molar-refractivity contribution is 0.107. The standard InChI is InChI=1S/C24H31BrN2O2/c1-17(2)28-20-7-8-22(25)19(14-20)13-18-9-11-27(12-10-18)16-21-15-26-23-5-3-4-6-24(23)29-21/h3-8,14,17-18,21,26H,9-13,15-16H2,1-2H3. The predicted molar refractivity (Wildman–Crippen MR) is 122 cm³/mol. The molecular formula is C24H31BrN2O2. The van der Waals surface area contributed by atoms with Crippen molar-refractivity contribution in [1.29, 1.82) is 0 Å². The molecule has 2 aromatic rings. The first-order valence-electron chi connectivity index (χ1n) is 10.7. The van der Waals surface area contributed by atoms with E-state index in [4.69, 9.17) is 9.47 Å². The Hall–Kier alpha value is -1.72. The van der Waals surface area contributed by atoms with Crippen LogP contribution in [-0.2, 0) is 6.42 Å². The number of anilines is 1. The molecule has 1 unspecified atom stereocenters. The molecule has 1 saturated heterocycles. The highest BCUT2D eigenvalue weighted by Crippen LogP contribution is 2.31. The predicted octanol–water partition coefficient (Wildman–Crippen LogP) is 5.36. The molecule has 1 fully saturated rings. The highest BCUT2D eigenvalue weighted by Gasteiger charge is 2.25. The Kier molecular flexibility index (Phi) is 6.66. The third kappa shape index (κ3) is 5.46. The zero-order chi connectivity index (χ0) is 20.2. The normalized spacial score (nSPS) is 20.1. The van der Waals surface area contributed by atoms with Gasteiger partial charge in [-0.3, -0.25) is 4.90 Å².